The van der Waals surface area contributed by atoms with Crippen LogP contribution in [0.4, 0.5) is 8.78 Å². The molecule has 7 fully saturated rings. The molecule has 3 saturated heterocycles. The third kappa shape index (κ3) is 4.27. The zero-order valence-corrected chi connectivity index (χ0v) is 25.1. The van der Waals surface area contributed by atoms with Gasteiger partial charge in [-0.25, -0.2) is 0 Å². The molecule has 0 aromatic heterocycles. The Morgan fingerprint density at radius 3 is 2.41 bits per heavy atom. The van der Waals surface area contributed by atoms with Crippen LogP contribution in [0.5, 0.6) is 0 Å². The molecule has 44 heavy (non-hydrogen) atoms. The number of fused-ring (bicyclic) bond motifs is 10. The Hall–Kier alpha value is -2.39. The molecular formula is C29H36F2O12S. The largest absolute Gasteiger partial charge is 0.458 e. The van der Waals surface area contributed by atoms with Crippen LogP contribution < -0.4 is 0 Å². The maximum atomic E-state index is 13.9. The van der Waals surface area contributed by atoms with E-state index in [9.17, 15) is 36.4 Å². The van der Waals surface area contributed by atoms with E-state index in [4.69, 9.17) is 23.5 Å². The Morgan fingerprint density at radius 1 is 1.05 bits per heavy atom. The first-order valence-corrected chi connectivity index (χ1v) is 16.9. The van der Waals surface area contributed by atoms with Gasteiger partial charge in [0.1, 0.15) is 29.6 Å². The zero-order chi connectivity index (χ0) is 31.5. The third-order valence-electron chi connectivity index (χ3n) is 11.9. The first-order chi connectivity index (χ1) is 20.7. The highest BCUT2D eigenvalue weighted by Crippen LogP contribution is 2.71. The molecule has 1 N–H and O–H groups in total. The molecule has 15 heteroatoms. The second kappa shape index (κ2) is 10.1. The molecule has 244 valence electrons. The summed E-state index contributed by atoms with van der Waals surface area (Å²) < 4.78 is 85.4. The number of esters is 4. The van der Waals surface area contributed by atoms with Gasteiger partial charge in [0, 0.05) is 5.92 Å². The molecule has 12 nitrogen and oxygen atoms in total. The van der Waals surface area contributed by atoms with E-state index in [-0.39, 0.29) is 5.92 Å². The van der Waals surface area contributed by atoms with Gasteiger partial charge in [0.05, 0.1) is 12.8 Å². The Balaban J connectivity index is 0.993. The van der Waals surface area contributed by atoms with Gasteiger partial charge < -0.3 is 23.7 Å². The van der Waals surface area contributed by atoms with Gasteiger partial charge in [-0.2, -0.15) is 17.2 Å². The van der Waals surface area contributed by atoms with E-state index in [1.54, 1.807) is 0 Å². The molecule has 0 spiro atoms. The van der Waals surface area contributed by atoms with Crippen LogP contribution in [0.25, 0.3) is 0 Å². The number of alkyl halides is 2. The summed E-state index contributed by atoms with van der Waals surface area (Å²) >= 11 is 0. The van der Waals surface area contributed by atoms with E-state index in [0.717, 1.165) is 24.7 Å². The van der Waals surface area contributed by atoms with Crippen LogP contribution in [0, 0.1) is 47.3 Å². The van der Waals surface area contributed by atoms with E-state index >= 15 is 0 Å². The molecule has 14 atom stereocenters. The van der Waals surface area contributed by atoms with Gasteiger partial charge >= 0.3 is 39.2 Å². The average molecular weight is 647 g/mol. The molecule has 3 heterocycles. The van der Waals surface area contributed by atoms with Gasteiger partial charge in [-0.05, 0) is 75.0 Å². The standard InChI is InChI=1S/C29H36F2O12S/c1-3-28(10-14-9-15(28)19-13-5-4-12(8-13)18(14)19)43-27(35)21-20-22-25(42-26(20)34)24(23(21)41-22)40-17(33)7-6-16(32)39-11(2)29(30,31)44(36,37)38/h11-15,18-25H,3-10H2,1-2H3,(H,36,37,38). The molecule has 0 aromatic carbocycles. The van der Waals surface area contributed by atoms with Crippen molar-refractivity contribution in [3.63, 3.8) is 0 Å². The smallest absolute Gasteiger partial charge is 0.405 e. The fraction of sp³-hybridized carbons (Fsp3) is 0.862. The quantitative estimate of drug-likeness (QED) is 0.160. The van der Waals surface area contributed by atoms with Crippen molar-refractivity contribution in [2.75, 3.05) is 0 Å². The molecule has 7 rings (SSSR count). The van der Waals surface area contributed by atoms with Gasteiger partial charge in [0.25, 0.3) is 0 Å². The predicted octanol–water partition coefficient (Wildman–Crippen LogP) is 2.42. The summed E-state index contributed by atoms with van der Waals surface area (Å²) in [6, 6.07) is 0. The van der Waals surface area contributed by atoms with E-state index in [1.165, 1.54) is 19.3 Å². The summed E-state index contributed by atoms with van der Waals surface area (Å²) in [5, 5.41) is -4.75. The minimum absolute atomic E-state index is 0.290. The number of hydrogen-bond acceptors (Lipinski definition) is 11. The normalized spacial score (nSPS) is 44.9. The lowest BCUT2D eigenvalue weighted by Gasteiger charge is -2.46. The SMILES string of the molecule is CCC1(OC(=O)C2C3OC4C(OC(=O)C42)C3OC(=O)CCC(=O)OC(C)C(F)(F)S(=O)(=O)O)CC2CC1C1C3CCC(C3)C21. The van der Waals surface area contributed by atoms with Crippen molar-refractivity contribution in [1.29, 1.82) is 0 Å². The Kier molecular flexibility index (Phi) is 6.92. The summed E-state index contributed by atoms with van der Waals surface area (Å²) in [5.74, 6) is -1.82. The van der Waals surface area contributed by atoms with Gasteiger partial charge in [-0.3, -0.25) is 23.7 Å². The van der Waals surface area contributed by atoms with Crippen molar-refractivity contribution in [3.8, 4) is 0 Å². The zero-order valence-electron chi connectivity index (χ0n) is 24.3. The van der Waals surface area contributed by atoms with Crippen LogP contribution in [0.1, 0.15) is 65.2 Å². The first kappa shape index (κ1) is 30.3. The summed E-state index contributed by atoms with van der Waals surface area (Å²) in [4.78, 5) is 51.4. The van der Waals surface area contributed by atoms with Crippen molar-refractivity contribution in [2.24, 2.45) is 47.3 Å². The van der Waals surface area contributed by atoms with Crippen molar-refractivity contribution >= 4 is 34.0 Å². The Bertz CT molecular complexity index is 1390. The maximum absolute atomic E-state index is 13.9. The van der Waals surface area contributed by atoms with Crippen molar-refractivity contribution in [2.45, 2.75) is 107 Å². The van der Waals surface area contributed by atoms with Crippen LogP contribution in [0.15, 0.2) is 0 Å². The topological polar surface area (TPSA) is 169 Å². The summed E-state index contributed by atoms with van der Waals surface area (Å²) in [6.07, 6.45) is -1.43. The summed E-state index contributed by atoms with van der Waals surface area (Å²) in [6.45, 7) is 2.61. The number of carbonyl (C=O) groups is 4. The highest BCUT2D eigenvalue weighted by molar-refractivity contribution is 7.86. The lowest BCUT2D eigenvalue weighted by molar-refractivity contribution is -0.184. The lowest BCUT2D eigenvalue weighted by Crippen LogP contribution is -2.52. The highest BCUT2D eigenvalue weighted by Gasteiger charge is 2.73. The predicted molar refractivity (Wildman–Crippen MR) is 140 cm³/mol. The highest BCUT2D eigenvalue weighted by atomic mass is 32.2. The summed E-state index contributed by atoms with van der Waals surface area (Å²) in [5.41, 5.74) is -0.604. The molecule has 0 radical (unpaired) electrons. The van der Waals surface area contributed by atoms with E-state index in [1.807, 2.05) is 6.92 Å². The van der Waals surface area contributed by atoms with Gasteiger partial charge in [0.2, 0.25) is 0 Å². The number of rotatable bonds is 10. The molecule has 14 unspecified atom stereocenters. The number of ether oxygens (including phenoxy) is 5. The number of halogens is 2. The molecule has 3 aliphatic heterocycles. The number of hydrogen-bond donors (Lipinski definition) is 1. The van der Waals surface area contributed by atoms with Gasteiger partial charge in [-0.15, -0.1) is 0 Å². The van der Waals surface area contributed by atoms with Crippen LogP contribution in [0.2, 0.25) is 0 Å². The van der Waals surface area contributed by atoms with Crippen molar-refractivity contribution < 1.29 is 64.6 Å². The van der Waals surface area contributed by atoms with Crippen LogP contribution >= 0.6 is 0 Å². The fourth-order valence-corrected chi connectivity index (χ4v) is 10.7. The van der Waals surface area contributed by atoms with Crippen LogP contribution in [0.3, 0.4) is 0 Å². The molecule has 0 aromatic rings. The fourth-order valence-electron chi connectivity index (χ4n) is 10.2. The van der Waals surface area contributed by atoms with Gasteiger partial charge in [0.15, 0.2) is 18.3 Å². The second-order valence-electron chi connectivity index (χ2n) is 13.8. The molecule has 0 amide bonds. The second-order valence-corrected chi connectivity index (χ2v) is 15.3. The van der Waals surface area contributed by atoms with Gasteiger partial charge in [-0.1, -0.05) is 6.92 Å². The van der Waals surface area contributed by atoms with Crippen LogP contribution in [-0.2, 0) is 53.0 Å². The summed E-state index contributed by atoms with van der Waals surface area (Å²) in [7, 11) is -5.84. The molecular weight excluding hydrogens is 610 g/mol. The van der Waals surface area contributed by atoms with Crippen LogP contribution in [-0.4, -0.2) is 78.2 Å². The minimum Gasteiger partial charge on any atom is -0.458 e. The van der Waals surface area contributed by atoms with E-state index < -0.39 is 100 Å². The average Bonchev–Trinajstić information content (AvgIpc) is 3.79. The molecule has 6 bridgehead atoms. The maximum Gasteiger partial charge on any atom is 0.405 e. The lowest BCUT2D eigenvalue weighted by atomic mass is 9.65. The monoisotopic (exact) mass is 646 g/mol. The Labute approximate surface area is 252 Å². The van der Waals surface area contributed by atoms with E-state index in [2.05, 4.69) is 4.74 Å². The third-order valence-corrected chi connectivity index (χ3v) is 12.9. The minimum atomic E-state index is -5.84. The van der Waals surface area contributed by atoms with Crippen molar-refractivity contribution in [1.82, 2.24) is 0 Å². The number of carbonyl (C=O) groups excluding carboxylic acids is 4. The molecule has 4 saturated carbocycles. The van der Waals surface area contributed by atoms with E-state index in [0.29, 0.717) is 31.1 Å². The molecule has 4 aliphatic carbocycles. The molecule has 7 aliphatic rings. The van der Waals surface area contributed by atoms with Crippen molar-refractivity contribution in [3.05, 3.63) is 0 Å². The first-order valence-electron chi connectivity index (χ1n) is 15.5. The Morgan fingerprint density at radius 2 is 1.73 bits per heavy atom.